The molecule has 1 amide bonds. The molecule has 0 aromatic heterocycles. The lowest BCUT2D eigenvalue weighted by molar-refractivity contribution is 0.0477. The summed E-state index contributed by atoms with van der Waals surface area (Å²) in [6.45, 7) is 6.78. The average Bonchev–Trinajstić information content (AvgIpc) is 2.53. The van der Waals surface area contributed by atoms with Crippen LogP contribution in [0.4, 0.5) is 4.79 Å². The van der Waals surface area contributed by atoms with Crippen molar-refractivity contribution in [1.29, 1.82) is 0 Å². The topological polar surface area (TPSA) is 61.8 Å². The minimum Gasteiger partial charge on any atom is -0.445 e. The molecule has 0 bridgehead atoms. The molecule has 1 aromatic carbocycles. The minimum absolute atomic E-state index is 0.0246. The van der Waals surface area contributed by atoms with Gasteiger partial charge in [-0.25, -0.2) is 4.79 Å². The van der Waals surface area contributed by atoms with Gasteiger partial charge in [-0.2, -0.15) is 0 Å². The van der Waals surface area contributed by atoms with Gasteiger partial charge in [0, 0.05) is 19.1 Å². The molecule has 0 radical (unpaired) electrons. The predicted molar refractivity (Wildman–Crippen MR) is 85.5 cm³/mol. The van der Waals surface area contributed by atoms with E-state index >= 15 is 0 Å². The van der Waals surface area contributed by atoms with Crippen LogP contribution < -0.4 is 5.32 Å². The molecule has 1 saturated heterocycles. The van der Waals surface area contributed by atoms with Crippen LogP contribution in [0.5, 0.6) is 0 Å². The van der Waals surface area contributed by atoms with Crippen molar-refractivity contribution < 1.29 is 14.6 Å². The first-order valence-corrected chi connectivity index (χ1v) is 7.96. The zero-order valence-electron chi connectivity index (χ0n) is 13.4. The second-order valence-corrected chi connectivity index (χ2v) is 5.99. The van der Waals surface area contributed by atoms with Crippen LogP contribution in [0.15, 0.2) is 30.3 Å². The molecule has 22 heavy (non-hydrogen) atoms. The smallest absolute Gasteiger partial charge is 0.407 e. The Kier molecular flexibility index (Phi) is 6.21. The Hall–Kier alpha value is -1.59. The maximum atomic E-state index is 11.9. The van der Waals surface area contributed by atoms with Gasteiger partial charge in [0.25, 0.3) is 0 Å². The Balaban J connectivity index is 1.82. The normalized spacial score (nSPS) is 23.8. The van der Waals surface area contributed by atoms with Crippen LogP contribution in [0.1, 0.15) is 25.8 Å². The Morgan fingerprint density at radius 2 is 2.14 bits per heavy atom. The summed E-state index contributed by atoms with van der Waals surface area (Å²) in [6, 6.07) is 9.65. The van der Waals surface area contributed by atoms with Crippen LogP contribution in [0.25, 0.3) is 0 Å². The summed E-state index contributed by atoms with van der Waals surface area (Å²) in [5.74, 6) is 0.188. The van der Waals surface area contributed by atoms with E-state index in [1.807, 2.05) is 37.3 Å². The standard InChI is InChI=1S/C17H26N2O3/c1-3-19-10-15(13(2)20)9-16(11-19)18-17(21)22-12-14-7-5-4-6-8-14/h4-8,13,15-16,20H,3,9-12H2,1-2H3,(H,18,21). The number of nitrogens with one attached hydrogen (secondary N) is 1. The average molecular weight is 306 g/mol. The lowest BCUT2D eigenvalue weighted by atomic mass is 9.90. The molecule has 0 spiro atoms. The van der Waals surface area contributed by atoms with Gasteiger partial charge in [0.1, 0.15) is 6.61 Å². The van der Waals surface area contributed by atoms with Crippen molar-refractivity contribution in [3.63, 3.8) is 0 Å². The van der Waals surface area contributed by atoms with Crippen LogP contribution in [-0.4, -0.2) is 47.9 Å². The fourth-order valence-corrected chi connectivity index (χ4v) is 2.88. The van der Waals surface area contributed by atoms with E-state index in [4.69, 9.17) is 4.74 Å². The SMILES string of the molecule is CCN1CC(NC(=O)OCc2ccccc2)CC(C(C)O)C1. The van der Waals surface area contributed by atoms with E-state index in [1.165, 1.54) is 0 Å². The highest BCUT2D eigenvalue weighted by Gasteiger charge is 2.30. The number of ether oxygens (including phenoxy) is 1. The maximum absolute atomic E-state index is 11.9. The zero-order chi connectivity index (χ0) is 15.9. The number of carbonyl (C=O) groups is 1. The molecule has 1 aromatic rings. The van der Waals surface area contributed by atoms with E-state index in [1.54, 1.807) is 0 Å². The van der Waals surface area contributed by atoms with Gasteiger partial charge in [-0.15, -0.1) is 0 Å². The highest BCUT2D eigenvalue weighted by Crippen LogP contribution is 2.20. The molecule has 5 nitrogen and oxygen atoms in total. The second kappa shape index (κ2) is 8.15. The Bertz CT molecular complexity index is 464. The van der Waals surface area contributed by atoms with Gasteiger partial charge in [-0.05, 0) is 31.4 Å². The number of nitrogens with zero attached hydrogens (tertiary/aromatic N) is 1. The van der Waals surface area contributed by atoms with Crippen LogP contribution in [-0.2, 0) is 11.3 Å². The number of likely N-dealkylation sites (N-methyl/N-ethyl adjacent to an activating group) is 1. The van der Waals surface area contributed by atoms with Gasteiger partial charge >= 0.3 is 6.09 Å². The minimum atomic E-state index is -0.392. The molecule has 0 aliphatic carbocycles. The quantitative estimate of drug-likeness (QED) is 0.873. The number of hydrogen-bond acceptors (Lipinski definition) is 4. The number of likely N-dealkylation sites (tertiary alicyclic amines) is 1. The first-order valence-electron chi connectivity index (χ1n) is 7.96. The number of piperidine rings is 1. The number of amides is 1. The van der Waals surface area contributed by atoms with E-state index < -0.39 is 6.09 Å². The van der Waals surface area contributed by atoms with Crippen molar-refractivity contribution in [1.82, 2.24) is 10.2 Å². The Morgan fingerprint density at radius 3 is 2.77 bits per heavy atom. The summed E-state index contributed by atoms with van der Waals surface area (Å²) in [6.07, 6.45) is 0.0318. The number of aliphatic hydroxyl groups excluding tert-OH is 1. The molecule has 2 N–H and O–H groups in total. The number of alkyl carbamates (subject to hydrolysis) is 1. The largest absolute Gasteiger partial charge is 0.445 e. The molecule has 3 unspecified atom stereocenters. The van der Waals surface area contributed by atoms with E-state index in [0.717, 1.165) is 31.6 Å². The molecule has 1 heterocycles. The van der Waals surface area contributed by atoms with Gasteiger partial charge in [0.15, 0.2) is 0 Å². The number of rotatable bonds is 5. The summed E-state index contributed by atoms with van der Waals surface area (Å²) >= 11 is 0. The van der Waals surface area contributed by atoms with Crippen molar-refractivity contribution in [2.24, 2.45) is 5.92 Å². The Labute approximate surface area is 132 Å². The summed E-state index contributed by atoms with van der Waals surface area (Å²) in [4.78, 5) is 14.2. The number of hydrogen-bond donors (Lipinski definition) is 2. The van der Waals surface area contributed by atoms with Crippen LogP contribution >= 0.6 is 0 Å². The molecule has 2 rings (SSSR count). The van der Waals surface area contributed by atoms with E-state index in [9.17, 15) is 9.90 Å². The van der Waals surface area contributed by atoms with Crippen molar-refractivity contribution in [2.75, 3.05) is 19.6 Å². The maximum Gasteiger partial charge on any atom is 0.407 e. The van der Waals surface area contributed by atoms with Crippen LogP contribution in [0.3, 0.4) is 0 Å². The van der Waals surface area contributed by atoms with Crippen molar-refractivity contribution in [3.05, 3.63) is 35.9 Å². The van der Waals surface area contributed by atoms with Gasteiger partial charge in [0.05, 0.1) is 6.10 Å². The fraction of sp³-hybridized carbons (Fsp3) is 0.588. The first-order chi connectivity index (χ1) is 10.6. The molecule has 1 fully saturated rings. The first kappa shape index (κ1) is 16.8. The molecule has 0 saturated carbocycles. The van der Waals surface area contributed by atoms with Crippen LogP contribution in [0.2, 0.25) is 0 Å². The third kappa shape index (κ3) is 5.00. The van der Waals surface area contributed by atoms with E-state index in [-0.39, 0.29) is 24.7 Å². The fourth-order valence-electron chi connectivity index (χ4n) is 2.88. The lowest BCUT2D eigenvalue weighted by Crippen LogP contribution is -2.52. The highest BCUT2D eigenvalue weighted by atomic mass is 16.5. The van der Waals surface area contributed by atoms with E-state index in [2.05, 4.69) is 17.1 Å². The lowest BCUT2D eigenvalue weighted by Gasteiger charge is -2.38. The van der Waals surface area contributed by atoms with E-state index in [0.29, 0.717) is 0 Å². The summed E-state index contributed by atoms with van der Waals surface area (Å²) in [5, 5.41) is 12.7. The molecule has 5 heteroatoms. The van der Waals surface area contributed by atoms with Crippen LogP contribution in [0, 0.1) is 5.92 Å². The summed E-state index contributed by atoms with van der Waals surface area (Å²) in [5.41, 5.74) is 0.971. The monoisotopic (exact) mass is 306 g/mol. The van der Waals surface area contributed by atoms with Gasteiger partial charge < -0.3 is 20.1 Å². The number of aliphatic hydroxyl groups is 1. The van der Waals surface area contributed by atoms with Crippen molar-refractivity contribution in [2.45, 2.75) is 39.0 Å². The van der Waals surface area contributed by atoms with Gasteiger partial charge in [-0.1, -0.05) is 37.3 Å². The number of carbonyl (C=O) groups excluding carboxylic acids is 1. The summed E-state index contributed by atoms with van der Waals surface area (Å²) < 4.78 is 5.26. The van der Waals surface area contributed by atoms with Crippen molar-refractivity contribution in [3.8, 4) is 0 Å². The van der Waals surface area contributed by atoms with Gasteiger partial charge in [-0.3, -0.25) is 0 Å². The second-order valence-electron chi connectivity index (χ2n) is 5.99. The number of benzene rings is 1. The van der Waals surface area contributed by atoms with Crippen molar-refractivity contribution >= 4 is 6.09 Å². The zero-order valence-corrected chi connectivity index (χ0v) is 13.4. The molecule has 1 aliphatic heterocycles. The summed E-state index contributed by atoms with van der Waals surface area (Å²) in [7, 11) is 0. The third-order valence-electron chi connectivity index (χ3n) is 4.22. The molecule has 1 aliphatic rings. The molecular formula is C17H26N2O3. The van der Waals surface area contributed by atoms with Gasteiger partial charge in [0.2, 0.25) is 0 Å². The molecule has 122 valence electrons. The molecule has 3 atom stereocenters. The highest BCUT2D eigenvalue weighted by molar-refractivity contribution is 5.67. The Morgan fingerprint density at radius 1 is 1.41 bits per heavy atom. The predicted octanol–water partition coefficient (Wildman–Crippen LogP) is 2.00. The molecular weight excluding hydrogens is 280 g/mol. The third-order valence-corrected chi connectivity index (χ3v) is 4.22.